The van der Waals surface area contributed by atoms with Crippen molar-refractivity contribution in [3.8, 4) is 0 Å². The largest absolute Gasteiger partial charge is 0.376 e. The van der Waals surface area contributed by atoms with E-state index in [1.807, 2.05) is 17.8 Å². The molecule has 6 rings (SSSR count). The van der Waals surface area contributed by atoms with E-state index in [1.54, 1.807) is 0 Å². The van der Waals surface area contributed by atoms with E-state index in [0.29, 0.717) is 23.8 Å². The summed E-state index contributed by atoms with van der Waals surface area (Å²) in [5.74, 6) is 1.06. The SMILES string of the molecule is CO[C@@]1(C2C=CC(c3cc4c(N5CCN(C(=O)C6CC6)CC5)ccnn4c3)=CC2)CCN(C(C)C)C1. The summed E-state index contributed by atoms with van der Waals surface area (Å²) in [6.45, 7) is 10.0. The van der Waals surface area contributed by atoms with Gasteiger partial charge in [0, 0.05) is 82.2 Å². The average molecular weight is 490 g/mol. The Hall–Kier alpha value is -2.64. The first-order chi connectivity index (χ1) is 17.5. The summed E-state index contributed by atoms with van der Waals surface area (Å²) >= 11 is 0. The number of allylic oxidation sites excluding steroid dienone is 3. The van der Waals surface area contributed by atoms with Crippen LogP contribution < -0.4 is 4.90 Å². The molecular formula is C29H39N5O2. The monoisotopic (exact) mass is 489 g/mol. The molecule has 2 atom stereocenters. The van der Waals surface area contributed by atoms with Crippen LogP contribution in [0.25, 0.3) is 11.1 Å². The molecule has 7 heteroatoms. The summed E-state index contributed by atoms with van der Waals surface area (Å²) in [5, 5.41) is 4.60. The third-order valence-electron chi connectivity index (χ3n) is 8.88. The van der Waals surface area contributed by atoms with Gasteiger partial charge >= 0.3 is 0 Å². The molecule has 36 heavy (non-hydrogen) atoms. The van der Waals surface area contributed by atoms with E-state index in [0.717, 1.165) is 70.5 Å². The van der Waals surface area contributed by atoms with Crippen LogP contribution in [0.3, 0.4) is 0 Å². The number of likely N-dealkylation sites (tertiary alicyclic amines) is 1. The number of rotatable bonds is 6. The fraction of sp³-hybridized carbons (Fsp3) is 0.586. The van der Waals surface area contributed by atoms with Gasteiger partial charge in [0.15, 0.2) is 0 Å². The lowest BCUT2D eigenvalue weighted by Gasteiger charge is -2.36. The second-order valence-electron chi connectivity index (χ2n) is 11.3. The second kappa shape index (κ2) is 9.34. The predicted octanol–water partition coefficient (Wildman–Crippen LogP) is 3.85. The molecule has 0 radical (unpaired) electrons. The molecule has 2 aromatic heterocycles. The Morgan fingerprint density at radius 1 is 1.17 bits per heavy atom. The molecule has 0 N–H and O–H groups in total. The number of aromatic nitrogens is 2. The highest BCUT2D eigenvalue weighted by molar-refractivity contribution is 5.83. The van der Waals surface area contributed by atoms with E-state index in [1.165, 1.54) is 16.8 Å². The first-order valence-corrected chi connectivity index (χ1v) is 13.7. The minimum Gasteiger partial charge on any atom is -0.376 e. The van der Waals surface area contributed by atoms with E-state index in [2.05, 4.69) is 70.2 Å². The lowest BCUT2D eigenvalue weighted by atomic mass is 9.80. The van der Waals surface area contributed by atoms with Crippen molar-refractivity contribution in [3.05, 3.63) is 48.3 Å². The molecule has 192 valence electrons. The fourth-order valence-corrected chi connectivity index (χ4v) is 6.30. The molecule has 7 nitrogen and oxygen atoms in total. The number of nitrogens with zero attached hydrogens (tertiary/aromatic N) is 5. The van der Waals surface area contributed by atoms with Gasteiger partial charge in [-0.15, -0.1) is 0 Å². The Morgan fingerprint density at radius 2 is 1.97 bits per heavy atom. The molecule has 1 unspecified atom stereocenters. The van der Waals surface area contributed by atoms with Crippen LogP contribution in [0.5, 0.6) is 0 Å². The fourth-order valence-electron chi connectivity index (χ4n) is 6.30. The van der Waals surface area contributed by atoms with Gasteiger partial charge in [-0.3, -0.25) is 9.69 Å². The number of ether oxygens (including phenoxy) is 1. The summed E-state index contributed by atoms with van der Waals surface area (Å²) in [6, 6.07) is 4.93. The zero-order chi connectivity index (χ0) is 24.9. The van der Waals surface area contributed by atoms with E-state index in [4.69, 9.17) is 4.74 Å². The van der Waals surface area contributed by atoms with E-state index in [-0.39, 0.29) is 5.60 Å². The van der Waals surface area contributed by atoms with Crippen LogP contribution in [0.15, 0.2) is 42.8 Å². The van der Waals surface area contributed by atoms with Gasteiger partial charge in [0.1, 0.15) is 0 Å². The minimum absolute atomic E-state index is 0.0912. The Labute approximate surface area is 214 Å². The van der Waals surface area contributed by atoms with E-state index in [9.17, 15) is 4.79 Å². The highest BCUT2D eigenvalue weighted by Crippen LogP contribution is 2.40. The van der Waals surface area contributed by atoms with Gasteiger partial charge < -0.3 is 14.5 Å². The molecule has 2 saturated heterocycles. The van der Waals surface area contributed by atoms with Gasteiger partial charge in [-0.25, -0.2) is 4.52 Å². The van der Waals surface area contributed by atoms with Crippen molar-refractivity contribution in [1.82, 2.24) is 19.4 Å². The molecule has 4 heterocycles. The van der Waals surface area contributed by atoms with Gasteiger partial charge in [-0.2, -0.15) is 5.10 Å². The number of anilines is 1. The molecular weight excluding hydrogens is 450 g/mol. The lowest BCUT2D eigenvalue weighted by molar-refractivity contribution is -0.132. The van der Waals surface area contributed by atoms with Crippen molar-refractivity contribution in [2.75, 3.05) is 51.3 Å². The average Bonchev–Trinajstić information content (AvgIpc) is 3.50. The zero-order valence-electron chi connectivity index (χ0n) is 21.9. The molecule has 3 fully saturated rings. The molecule has 0 bridgehead atoms. The van der Waals surface area contributed by atoms with E-state index >= 15 is 0 Å². The summed E-state index contributed by atoms with van der Waals surface area (Å²) in [6.07, 6.45) is 15.3. The summed E-state index contributed by atoms with van der Waals surface area (Å²) in [5.41, 5.74) is 4.70. The Balaban J connectivity index is 1.17. The number of hydrogen-bond acceptors (Lipinski definition) is 5. The van der Waals surface area contributed by atoms with Gasteiger partial charge in [-0.05, 0) is 57.2 Å². The third-order valence-corrected chi connectivity index (χ3v) is 8.88. The number of hydrogen-bond donors (Lipinski definition) is 0. The van der Waals surface area contributed by atoms with Crippen molar-refractivity contribution in [2.24, 2.45) is 11.8 Å². The highest BCUT2D eigenvalue weighted by Gasteiger charge is 2.44. The lowest BCUT2D eigenvalue weighted by Crippen LogP contribution is -2.49. The Kier molecular flexibility index (Phi) is 6.16. The number of piperazine rings is 1. The molecule has 2 aliphatic carbocycles. The molecule has 1 amide bonds. The standard InChI is InChI=1S/C29H39N5O2/c1-21(2)33-13-11-29(20-33,36-3)25-8-6-22(7-9-25)24-18-27-26(10-12-30-34(27)19-24)31-14-16-32(17-15-31)28(35)23-4-5-23/h6-8,10,12,18-19,21,23,25H,4-5,9,11,13-17,20H2,1-3H3/t25?,29-/m0/s1. The molecule has 2 aromatic rings. The predicted molar refractivity (Wildman–Crippen MR) is 143 cm³/mol. The van der Waals surface area contributed by atoms with Gasteiger partial charge in [0.05, 0.1) is 16.8 Å². The van der Waals surface area contributed by atoms with Gasteiger partial charge in [-0.1, -0.05) is 18.2 Å². The van der Waals surface area contributed by atoms with Gasteiger partial charge in [0.25, 0.3) is 0 Å². The highest BCUT2D eigenvalue weighted by atomic mass is 16.5. The van der Waals surface area contributed by atoms with Crippen LogP contribution in [-0.2, 0) is 9.53 Å². The molecule has 2 aliphatic heterocycles. The van der Waals surface area contributed by atoms with Crippen LogP contribution in [0.4, 0.5) is 5.69 Å². The topological polar surface area (TPSA) is 53.3 Å². The summed E-state index contributed by atoms with van der Waals surface area (Å²) < 4.78 is 8.16. The first kappa shape index (κ1) is 23.7. The quantitative estimate of drug-likeness (QED) is 0.617. The van der Waals surface area contributed by atoms with Crippen molar-refractivity contribution in [2.45, 2.75) is 51.2 Å². The van der Waals surface area contributed by atoms with Crippen molar-refractivity contribution >= 4 is 22.7 Å². The van der Waals surface area contributed by atoms with Crippen LogP contribution in [0.1, 0.15) is 45.1 Å². The minimum atomic E-state index is -0.0912. The number of carbonyl (C=O) groups excluding carboxylic acids is 1. The third kappa shape index (κ3) is 4.26. The number of carbonyl (C=O) groups is 1. The number of amides is 1. The first-order valence-electron chi connectivity index (χ1n) is 13.7. The Morgan fingerprint density at radius 3 is 2.61 bits per heavy atom. The van der Waals surface area contributed by atoms with Crippen molar-refractivity contribution in [1.29, 1.82) is 0 Å². The zero-order valence-corrected chi connectivity index (χ0v) is 21.9. The molecule has 0 aromatic carbocycles. The summed E-state index contributed by atoms with van der Waals surface area (Å²) in [4.78, 5) is 19.5. The molecule has 0 spiro atoms. The molecule has 4 aliphatic rings. The summed E-state index contributed by atoms with van der Waals surface area (Å²) in [7, 11) is 1.88. The maximum absolute atomic E-state index is 12.5. The van der Waals surface area contributed by atoms with Crippen LogP contribution in [0.2, 0.25) is 0 Å². The van der Waals surface area contributed by atoms with E-state index < -0.39 is 0 Å². The molecule has 1 saturated carbocycles. The van der Waals surface area contributed by atoms with Crippen LogP contribution >= 0.6 is 0 Å². The second-order valence-corrected chi connectivity index (χ2v) is 11.3. The van der Waals surface area contributed by atoms with Gasteiger partial charge in [0.2, 0.25) is 5.91 Å². The maximum atomic E-state index is 12.5. The van der Waals surface area contributed by atoms with Crippen LogP contribution in [-0.4, -0.2) is 83.3 Å². The number of methoxy groups -OCH3 is 1. The van der Waals surface area contributed by atoms with Crippen molar-refractivity contribution < 1.29 is 9.53 Å². The number of fused-ring (bicyclic) bond motifs is 1. The van der Waals surface area contributed by atoms with Crippen LogP contribution in [0, 0.1) is 11.8 Å². The Bertz CT molecular complexity index is 1190. The van der Waals surface area contributed by atoms with Crippen molar-refractivity contribution in [3.63, 3.8) is 0 Å². The normalized spacial score (nSPS) is 27.3. The maximum Gasteiger partial charge on any atom is 0.225 e. The smallest absolute Gasteiger partial charge is 0.225 e.